The molecule has 1 atom stereocenters. The number of ketones is 1. The highest BCUT2D eigenvalue weighted by Crippen LogP contribution is 2.42. The Morgan fingerprint density at radius 3 is 2.61 bits per heavy atom. The third-order valence-corrected chi connectivity index (χ3v) is 4.64. The maximum absolute atomic E-state index is 12.5. The molecule has 5 heteroatoms. The van der Waals surface area contributed by atoms with E-state index in [9.17, 15) is 9.59 Å². The zero-order chi connectivity index (χ0) is 16.6. The molecule has 0 saturated heterocycles. The Morgan fingerprint density at radius 1 is 1.26 bits per heavy atom. The van der Waals surface area contributed by atoms with Gasteiger partial charge in [0.2, 0.25) is 0 Å². The second-order valence-corrected chi connectivity index (χ2v) is 6.25. The first kappa shape index (κ1) is 15.8. The van der Waals surface area contributed by atoms with E-state index < -0.39 is 11.9 Å². The van der Waals surface area contributed by atoms with Gasteiger partial charge in [-0.15, -0.1) is 0 Å². The highest BCUT2D eigenvalue weighted by molar-refractivity contribution is 6.30. The molecule has 23 heavy (non-hydrogen) atoms. The first-order valence-corrected chi connectivity index (χ1v) is 7.98. The van der Waals surface area contributed by atoms with Crippen LogP contribution >= 0.6 is 11.6 Å². The smallest absolute Gasteiger partial charge is 0.336 e. The first-order chi connectivity index (χ1) is 11.0. The molecule has 2 aliphatic rings. The van der Waals surface area contributed by atoms with Crippen molar-refractivity contribution in [3.63, 3.8) is 0 Å². The van der Waals surface area contributed by atoms with E-state index in [1.807, 2.05) is 19.1 Å². The molecule has 0 radical (unpaired) electrons. The van der Waals surface area contributed by atoms with E-state index in [2.05, 4.69) is 5.32 Å². The number of ether oxygens (including phenoxy) is 1. The van der Waals surface area contributed by atoms with Gasteiger partial charge in [-0.05, 0) is 37.5 Å². The topological polar surface area (TPSA) is 55.4 Å². The number of dihydropyridines is 1. The van der Waals surface area contributed by atoms with Crippen LogP contribution in [0.25, 0.3) is 0 Å². The van der Waals surface area contributed by atoms with Crippen molar-refractivity contribution in [1.82, 2.24) is 5.32 Å². The van der Waals surface area contributed by atoms with Gasteiger partial charge in [-0.2, -0.15) is 0 Å². The second kappa shape index (κ2) is 6.20. The Hall–Kier alpha value is -2.07. The van der Waals surface area contributed by atoms with Crippen molar-refractivity contribution in [3.05, 3.63) is 57.4 Å². The van der Waals surface area contributed by atoms with Gasteiger partial charge in [0.25, 0.3) is 0 Å². The van der Waals surface area contributed by atoms with Crippen molar-refractivity contribution >= 4 is 23.4 Å². The van der Waals surface area contributed by atoms with Crippen LogP contribution in [-0.4, -0.2) is 18.9 Å². The minimum absolute atomic E-state index is 0.0904. The predicted molar refractivity (Wildman–Crippen MR) is 87.9 cm³/mol. The Bertz CT molecular complexity index is 731. The Kier molecular flexibility index (Phi) is 4.26. The van der Waals surface area contributed by atoms with Crippen molar-refractivity contribution in [3.8, 4) is 0 Å². The van der Waals surface area contributed by atoms with Crippen LogP contribution in [0.1, 0.15) is 37.7 Å². The molecule has 4 nitrogen and oxygen atoms in total. The molecule has 0 unspecified atom stereocenters. The summed E-state index contributed by atoms with van der Waals surface area (Å²) in [5.74, 6) is -0.726. The number of benzene rings is 1. The van der Waals surface area contributed by atoms with Gasteiger partial charge in [-0.1, -0.05) is 23.7 Å². The fourth-order valence-corrected chi connectivity index (χ4v) is 3.48. The molecule has 1 heterocycles. The molecule has 120 valence electrons. The summed E-state index contributed by atoms with van der Waals surface area (Å²) >= 11 is 5.98. The zero-order valence-corrected chi connectivity index (χ0v) is 13.9. The molecule has 1 aromatic rings. The number of allylic oxidation sites excluding steroid dienone is 3. The Labute approximate surface area is 140 Å². The van der Waals surface area contributed by atoms with Gasteiger partial charge in [0.05, 0.1) is 12.7 Å². The van der Waals surface area contributed by atoms with Gasteiger partial charge in [-0.3, -0.25) is 4.79 Å². The molecule has 0 spiro atoms. The van der Waals surface area contributed by atoms with E-state index in [4.69, 9.17) is 16.3 Å². The van der Waals surface area contributed by atoms with Crippen LogP contribution in [0.5, 0.6) is 0 Å². The van der Waals surface area contributed by atoms with Gasteiger partial charge < -0.3 is 10.1 Å². The maximum atomic E-state index is 12.5. The third kappa shape index (κ3) is 2.79. The monoisotopic (exact) mass is 331 g/mol. The van der Waals surface area contributed by atoms with Crippen LogP contribution in [0.4, 0.5) is 0 Å². The van der Waals surface area contributed by atoms with E-state index in [1.54, 1.807) is 12.1 Å². The Morgan fingerprint density at radius 2 is 1.96 bits per heavy atom. The quantitative estimate of drug-likeness (QED) is 0.843. The molecular formula is C18H18ClNO3. The first-order valence-electron chi connectivity index (χ1n) is 7.60. The standard InChI is InChI=1S/C18H18ClNO3/c1-10-15(18(22)23-2)16(11-6-8-12(19)9-7-11)17-13(20-10)4-3-5-14(17)21/h6-9,16,20H,3-5H2,1-2H3/t16-/m0/s1. The molecule has 1 aliphatic carbocycles. The average Bonchev–Trinajstić information content (AvgIpc) is 2.54. The number of carbonyl (C=O) groups is 2. The van der Waals surface area contributed by atoms with E-state index >= 15 is 0 Å². The summed E-state index contributed by atoms with van der Waals surface area (Å²) in [6.45, 7) is 1.85. The van der Waals surface area contributed by atoms with Crippen LogP contribution in [0.15, 0.2) is 46.8 Å². The molecular weight excluding hydrogens is 314 g/mol. The van der Waals surface area contributed by atoms with Crippen molar-refractivity contribution in [2.45, 2.75) is 32.1 Å². The Balaban J connectivity index is 2.18. The molecule has 1 aliphatic heterocycles. The van der Waals surface area contributed by atoms with Crippen molar-refractivity contribution < 1.29 is 14.3 Å². The number of Topliss-reactive ketones (excluding diaryl/α,β-unsaturated/α-hetero) is 1. The number of carbonyl (C=O) groups excluding carboxylic acids is 2. The average molecular weight is 332 g/mol. The second-order valence-electron chi connectivity index (χ2n) is 5.81. The van der Waals surface area contributed by atoms with E-state index in [0.717, 1.165) is 29.8 Å². The maximum Gasteiger partial charge on any atom is 0.336 e. The van der Waals surface area contributed by atoms with Crippen LogP contribution < -0.4 is 5.32 Å². The number of methoxy groups -OCH3 is 1. The molecule has 0 bridgehead atoms. The molecule has 0 fully saturated rings. The normalized spacial score (nSPS) is 21.0. The molecule has 0 amide bonds. The van der Waals surface area contributed by atoms with Gasteiger partial charge in [-0.25, -0.2) is 4.79 Å². The predicted octanol–water partition coefficient (Wildman–Crippen LogP) is 3.48. The number of nitrogens with one attached hydrogen (secondary N) is 1. The number of halogens is 1. The van der Waals surface area contributed by atoms with Crippen LogP contribution in [0.2, 0.25) is 5.02 Å². The molecule has 3 rings (SSSR count). The number of rotatable bonds is 2. The summed E-state index contributed by atoms with van der Waals surface area (Å²) in [5, 5.41) is 3.85. The van der Waals surface area contributed by atoms with Crippen molar-refractivity contribution in [2.75, 3.05) is 7.11 Å². The summed E-state index contributed by atoms with van der Waals surface area (Å²) in [6.07, 6.45) is 2.16. The van der Waals surface area contributed by atoms with Crippen molar-refractivity contribution in [1.29, 1.82) is 0 Å². The lowest BCUT2D eigenvalue weighted by atomic mass is 9.75. The molecule has 1 N–H and O–H groups in total. The van der Waals surface area contributed by atoms with E-state index in [1.165, 1.54) is 7.11 Å². The molecule has 0 saturated carbocycles. The van der Waals surface area contributed by atoms with Gasteiger partial charge in [0, 0.05) is 34.3 Å². The summed E-state index contributed by atoms with van der Waals surface area (Å²) < 4.78 is 4.95. The van der Waals surface area contributed by atoms with Crippen LogP contribution in [0, 0.1) is 0 Å². The lowest BCUT2D eigenvalue weighted by Gasteiger charge is -2.34. The van der Waals surface area contributed by atoms with Gasteiger partial charge in [0.1, 0.15) is 0 Å². The van der Waals surface area contributed by atoms with Crippen LogP contribution in [0.3, 0.4) is 0 Å². The fraction of sp³-hybridized carbons (Fsp3) is 0.333. The van der Waals surface area contributed by atoms with Crippen molar-refractivity contribution in [2.24, 2.45) is 0 Å². The lowest BCUT2D eigenvalue weighted by molar-refractivity contribution is -0.136. The fourth-order valence-electron chi connectivity index (χ4n) is 3.35. The number of hydrogen-bond donors (Lipinski definition) is 1. The number of hydrogen-bond acceptors (Lipinski definition) is 4. The largest absolute Gasteiger partial charge is 0.466 e. The minimum Gasteiger partial charge on any atom is -0.466 e. The van der Waals surface area contributed by atoms with Gasteiger partial charge in [0.15, 0.2) is 5.78 Å². The lowest BCUT2D eigenvalue weighted by Crippen LogP contribution is -2.34. The molecule has 0 aromatic heterocycles. The highest BCUT2D eigenvalue weighted by atomic mass is 35.5. The number of esters is 1. The molecule has 1 aromatic carbocycles. The highest BCUT2D eigenvalue weighted by Gasteiger charge is 2.38. The third-order valence-electron chi connectivity index (χ3n) is 4.38. The summed E-state index contributed by atoms with van der Waals surface area (Å²) in [5.41, 5.74) is 3.71. The van der Waals surface area contributed by atoms with E-state index in [0.29, 0.717) is 22.6 Å². The summed E-state index contributed by atoms with van der Waals surface area (Å²) in [6, 6.07) is 7.27. The summed E-state index contributed by atoms with van der Waals surface area (Å²) in [7, 11) is 1.36. The summed E-state index contributed by atoms with van der Waals surface area (Å²) in [4.78, 5) is 24.9. The van der Waals surface area contributed by atoms with Crippen LogP contribution in [-0.2, 0) is 14.3 Å². The van der Waals surface area contributed by atoms with Gasteiger partial charge >= 0.3 is 5.97 Å². The van der Waals surface area contributed by atoms with E-state index in [-0.39, 0.29) is 5.78 Å². The SMILES string of the molecule is COC(=O)C1=C(C)NC2=C(C(=O)CCC2)[C@H]1c1ccc(Cl)cc1. The zero-order valence-electron chi connectivity index (χ0n) is 13.1. The minimum atomic E-state index is -0.417.